The van der Waals surface area contributed by atoms with Gasteiger partial charge in [0.05, 0.1) is 0 Å². The molecular weight excluding hydrogens is 264 g/mol. The first-order valence-corrected chi connectivity index (χ1v) is 6.84. The number of benzene rings is 1. The minimum Gasteiger partial charge on any atom is -0.372 e. The lowest BCUT2D eigenvalue weighted by atomic mass is 10.2. The highest BCUT2D eigenvalue weighted by molar-refractivity contribution is 9.10. The number of anilines is 1. The molecule has 1 N–H and O–H groups in total. The van der Waals surface area contributed by atoms with Crippen LogP contribution in [0.2, 0.25) is 0 Å². The zero-order valence-electron chi connectivity index (χ0n) is 9.80. The van der Waals surface area contributed by atoms with Crippen LogP contribution in [0, 0.1) is 0 Å². The Kier molecular flexibility index (Phi) is 4.24. The predicted octanol–water partition coefficient (Wildman–Crippen LogP) is 3.16. The van der Waals surface area contributed by atoms with Crippen molar-refractivity contribution in [3.05, 3.63) is 28.2 Å². The van der Waals surface area contributed by atoms with Crippen molar-refractivity contribution in [2.75, 3.05) is 24.5 Å². The van der Waals surface area contributed by atoms with Crippen molar-refractivity contribution in [3.63, 3.8) is 0 Å². The van der Waals surface area contributed by atoms with E-state index in [1.54, 1.807) is 0 Å². The molecule has 2 nitrogen and oxygen atoms in total. The van der Waals surface area contributed by atoms with Gasteiger partial charge in [-0.05, 0) is 37.1 Å². The van der Waals surface area contributed by atoms with Crippen LogP contribution in [-0.4, -0.2) is 19.6 Å². The van der Waals surface area contributed by atoms with E-state index >= 15 is 0 Å². The van der Waals surface area contributed by atoms with Crippen molar-refractivity contribution >= 4 is 21.6 Å². The molecule has 0 unspecified atom stereocenters. The molecule has 1 heterocycles. The van der Waals surface area contributed by atoms with Crippen LogP contribution in [0.5, 0.6) is 0 Å². The topological polar surface area (TPSA) is 15.3 Å². The summed E-state index contributed by atoms with van der Waals surface area (Å²) in [5.74, 6) is 0. The van der Waals surface area contributed by atoms with Crippen LogP contribution in [0.3, 0.4) is 0 Å². The normalized spacial score (nSPS) is 15.8. The van der Waals surface area contributed by atoms with Crippen molar-refractivity contribution < 1.29 is 0 Å². The second kappa shape index (κ2) is 5.69. The summed E-state index contributed by atoms with van der Waals surface area (Å²) in [7, 11) is 0. The summed E-state index contributed by atoms with van der Waals surface area (Å²) in [5, 5.41) is 3.35. The molecule has 1 aliphatic heterocycles. The zero-order valence-corrected chi connectivity index (χ0v) is 11.4. The van der Waals surface area contributed by atoms with Crippen LogP contribution < -0.4 is 10.2 Å². The number of hydrogen-bond donors (Lipinski definition) is 1. The molecule has 1 aromatic carbocycles. The van der Waals surface area contributed by atoms with E-state index in [1.807, 2.05) is 0 Å². The summed E-state index contributed by atoms with van der Waals surface area (Å²) in [6.07, 6.45) is 2.66. The minimum atomic E-state index is 0.942. The molecule has 0 atom stereocenters. The van der Waals surface area contributed by atoms with Gasteiger partial charge in [-0.15, -0.1) is 0 Å². The number of rotatable bonds is 4. The molecule has 0 amide bonds. The van der Waals surface area contributed by atoms with Gasteiger partial charge in [0.1, 0.15) is 0 Å². The largest absolute Gasteiger partial charge is 0.372 e. The van der Waals surface area contributed by atoms with Crippen LogP contribution in [0.4, 0.5) is 5.69 Å². The Morgan fingerprint density at radius 2 is 2.06 bits per heavy atom. The fourth-order valence-corrected chi connectivity index (χ4v) is 2.62. The Balaban J connectivity index is 2.09. The van der Waals surface area contributed by atoms with Gasteiger partial charge in [-0.2, -0.15) is 0 Å². The molecule has 0 spiro atoms. The summed E-state index contributed by atoms with van der Waals surface area (Å²) in [4.78, 5) is 2.46. The smallest absolute Gasteiger partial charge is 0.0377 e. The van der Waals surface area contributed by atoms with Crippen LogP contribution in [0.1, 0.15) is 25.3 Å². The number of halogens is 1. The van der Waals surface area contributed by atoms with Crippen LogP contribution in [-0.2, 0) is 6.54 Å². The third-order valence-corrected chi connectivity index (χ3v) is 3.81. The second-order valence-corrected chi connectivity index (χ2v) is 5.10. The van der Waals surface area contributed by atoms with E-state index in [0.29, 0.717) is 0 Å². The second-order valence-electron chi connectivity index (χ2n) is 4.25. The van der Waals surface area contributed by atoms with E-state index in [4.69, 9.17) is 0 Å². The summed E-state index contributed by atoms with van der Waals surface area (Å²) in [5.41, 5.74) is 2.69. The highest BCUT2D eigenvalue weighted by Gasteiger charge is 2.13. The molecule has 0 bridgehead atoms. The Morgan fingerprint density at radius 3 is 2.69 bits per heavy atom. The van der Waals surface area contributed by atoms with Crippen molar-refractivity contribution in [1.29, 1.82) is 0 Å². The standard InChI is InChI=1S/C13H19BrN2/c1-2-15-10-11-5-6-12(9-13(11)14)16-7-3-4-8-16/h5-6,9,15H,2-4,7-8,10H2,1H3. The molecule has 16 heavy (non-hydrogen) atoms. The van der Waals surface area contributed by atoms with E-state index in [-0.39, 0.29) is 0 Å². The third kappa shape index (κ3) is 2.77. The highest BCUT2D eigenvalue weighted by atomic mass is 79.9. The maximum Gasteiger partial charge on any atom is 0.0377 e. The SMILES string of the molecule is CCNCc1ccc(N2CCCC2)cc1Br. The molecule has 2 rings (SSSR count). The summed E-state index contributed by atoms with van der Waals surface area (Å²) in [6.45, 7) is 6.50. The molecule has 1 saturated heterocycles. The van der Waals surface area contributed by atoms with E-state index in [9.17, 15) is 0 Å². The molecule has 0 radical (unpaired) electrons. The maximum atomic E-state index is 3.66. The van der Waals surface area contributed by atoms with Crippen LogP contribution in [0.15, 0.2) is 22.7 Å². The van der Waals surface area contributed by atoms with E-state index in [0.717, 1.165) is 13.1 Å². The van der Waals surface area contributed by atoms with Crippen LogP contribution >= 0.6 is 15.9 Å². The first kappa shape index (κ1) is 11.9. The Labute approximate surface area is 106 Å². The van der Waals surface area contributed by atoms with Crippen molar-refractivity contribution in [3.8, 4) is 0 Å². The summed E-state index contributed by atoms with van der Waals surface area (Å²) >= 11 is 3.66. The lowest BCUT2D eigenvalue weighted by molar-refractivity contribution is 0.724. The summed E-state index contributed by atoms with van der Waals surface area (Å²) < 4.78 is 1.22. The van der Waals surface area contributed by atoms with Gasteiger partial charge in [-0.3, -0.25) is 0 Å². The molecule has 1 fully saturated rings. The van der Waals surface area contributed by atoms with Gasteiger partial charge >= 0.3 is 0 Å². The van der Waals surface area contributed by atoms with Gasteiger partial charge in [-0.25, -0.2) is 0 Å². The quantitative estimate of drug-likeness (QED) is 0.913. The fraction of sp³-hybridized carbons (Fsp3) is 0.538. The number of hydrogen-bond acceptors (Lipinski definition) is 2. The fourth-order valence-electron chi connectivity index (χ4n) is 2.11. The Morgan fingerprint density at radius 1 is 1.31 bits per heavy atom. The van der Waals surface area contributed by atoms with E-state index < -0.39 is 0 Å². The van der Waals surface area contributed by atoms with Gasteiger partial charge < -0.3 is 10.2 Å². The average molecular weight is 283 g/mol. The van der Waals surface area contributed by atoms with Gasteiger partial charge in [0.25, 0.3) is 0 Å². The van der Waals surface area contributed by atoms with Gasteiger partial charge in [0, 0.05) is 29.8 Å². The molecule has 0 aromatic heterocycles. The zero-order chi connectivity index (χ0) is 11.4. The van der Waals surface area contributed by atoms with E-state index in [2.05, 4.69) is 51.3 Å². The van der Waals surface area contributed by atoms with Gasteiger partial charge in [-0.1, -0.05) is 28.9 Å². The molecule has 1 aromatic rings. The predicted molar refractivity (Wildman–Crippen MR) is 73.0 cm³/mol. The Hall–Kier alpha value is -0.540. The molecule has 0 saturated carbocycles. The maximum absolute atomic E-state index is 3.66. The molecule has 1 aliphatic rings. The monoisotopic (exact) mass is 282 g/mol. The highest BCUT2D eigenvalue weighted by Crippen LogP contribution is 2.26. The molecular formula is C13H19BrN2. The van der Waals surface area contributed by atoms with Crippen molar-refractivity contribution in [2.45, 2.75) is 26.3 Å². The minimum absolute atomic E-state index is 0.942. The third-order valence-electron chi connectivity index (χ3n) is 3.07. The molecule has 88 valence electrons. The Bertz CT molecular complexity index is 346. The lowest BCUT2D eigenvalue weighted by Gasteiger charge is -2.18. The first-order chi connectivity index (χ1) is 7.81. The average Bonchev–Trinajstić information content (AvgIpc) is 2.81. The number of nitrogens with one attached hydrogen (secondary N) is 1. The summed E-state index contributed by atoms with van der Waals surface area (Å²) in [6, 6.07) is 6.71. The van der Waals surface area contributed by atoms with Crippen molar-refractivity contribution in [1.82, 2.24) is 5.32 Å². The van der Waals surface area contributed by atoms with E-state index in [1.165, 1.54) is 41.7 Å². The first-order valence-electron chi connectivity index (χ1n) is 6.05. The van der Waals surface area contributed by atoms with Gasteiger partial charge in [0.2, 0.25) is 0 Å². The van der Waals surface area contributed by atoms with Gasteiger partial charge in [0.15, 0.2) is 0 Å². The lowest BCUT2D eigenvalue weighted by Crippen LogP contribution is -2.18. The molecule has 3 heteroatoms. The van der Waals surface area contributed by atoms with Crippen molar-refractivity contribution in [2.24, 2.45) is 0 Å². The number of nitrogens with zero attached hydrogens (tertiary/aromatic N) is 1. The molecule has 0 aliphatic carbocycles. The van der Waals surface area contributed by atoms with Crippen LogP contribution in [0.25, 0.3) is 0 Å².